The first kappa shape index (κ1) is 13.8. The number of carbonyl (C=O) groups excluding carboxylic acids is 1. The molecule has 0 saturated heterocycles. The molecule has 104 valence electrons. The molecule has 2 aliphatic rings. The van der Waals surface area contributed by atoms with Gasteiger partial charge in [-0.3, -0.25) is 4.79 Å². The Hall–Kier alpha value is -0.610. The van der Waals surface area contributed by atoms with Crippen LogP contribution in [0.2, 0.25) is 0 Å². The molecule has 2 N–H and O–H groups in total. The van der Waals surface area contributed by atoms with E-state index >= 15 is 0 Å². The third-order valence-corrected chi connectivity index (χ3v) is 4.11. The molecule has 0 aromatic rings. The van der Waals surface area contributed by atoms with Crippen LogP contribution in [0.4, 0.5) is 0 Å². The van der Waals surface area contributed by atoms with Crippen LogP contribution < -0.4 is 10.6 Å². The molecule has 2 rings (SSSR count). The zero-order valence-electron chi connectivity index (χ0n) is 11.4. The molecule has 0 spiro atoms. The summed E-state index contributed by atoms with van der Waals surface area (Å²) in [4.78, 5) is 11.7. The van der Waals surface area contributed by atoms with E-state index in [1.807, 2.05) is 7.05 Å². The number of ether oxygens (including phenoxy) is 1. The molecule has 0 unspecified atom stereocenters. The number of nitrogens with one attached hydrogen (secondary N) is 2. The summed E-state index contributed by atoms with van der Waals surface area (Å²) in [6.45, 7) is 1.31. The number of rotatable bonds is 6. The van der Waals surface area contributed by atoms with Gasteiger partial charge in [-0.25, -0.2) is 0 Å². The summed E-state index contributed by atoms with van der Waals surface area (Å²) in [6.07, 6.45) is 8.59. The Morgan fingerprint density at radius 1 is 1.22 bits per heavy atom. The summed E-state index contributed by atoms with van der Waals surface area (Å²) >= 11 is 0. The molecule has 18 heavy (non-hydrogen) atoms. The summed E-state index contributed by atoms with van der Waals surface area (Å²) in [5.74, 6) is 0.806. The smallest absolute Gasteiger partial charge is 0.246 e. The molecule has 0 heterocycles. The van der Waals surface area contributed by atoms with E-state index in [1.165, 1.54) is 19.3 Å². The molecule has 0 bridgehead atoms. The van der Waals surface area contributed by atoms with Crippen LogP contribution in [0, 0.1) is 5.92 Å². The van der Waals surface area contributed by atoms with Gasteiger partial charge in [-0.2, -0.15) is 0 Å². The van der Waals surface area contributed by atoms with E-state index in [9.17, 15) is 4.79 Å². The van der Waals surface area contributed by atoms with Crippen molar-refractivity contribution >= 4 is 5.91 Å². The molecule has 2 saturated carbocycles. The van der Waals surface area contributed by atoms with Crippen molar-refractivity contribution < 1.29 is 9.53 Å². The SMILES string of the molecule is CNCC1CC(OCC(=O)NC2CCCCC2)C1. The molecule has 1 amide bonds. The predicted molar refractivity (Wildman–Crippen MR) is 71.4 cm³/mol. The lowest BCUT2D eigenvalue weighted by atomic mass is 9.82. The Morgan fingerprint density at radius 3 is 2.61 bits per heavy atom. The van der Waals surface area contributed by atoms with Crippen LogP contribution in [0.25, 0.3) is 0 Å². The van der Waals surface area contributed by atoms with Crippen molar-refractivity contribution in [3.8, 4) is 0 Å². The zero-order chi connectivity index (χ0) is 12.8. The van der Waals surface area contributed by atoms with Gasteiger partial charge in [0.1, 0.15) is 6.61 Å². The fourth-order valence-electron chi connectivity index (χ4n) is 2.98. The molecule has 0 aromatic heterocycles. The fraction of sp³-hybridized carbons (Fsp3) is 0.929. The summed E-state index contributed by atoms with van der Waals surface area (Å²) in [6, 6.07) is 0.397. The van der Waals surface area contributed by atoms with Crippen LogP contribution in [0.3, 0.4) is 0 Å². The highest BCUT2D eigenvalue weighted by Crippen LogP contribution is 2.29. The molecule has 2 aliphatic carbocycles. The van der Waals surface area contributed by atoms with Crippen LogP contribution >= 0.6 is 0 Å². The maximum Gasteiger partial charge on any atom is 0.246 e. The molecule has 4 heteroatoms. The van der Waals surface area contributed by atoms with Crippen molar-refractivity contribution in [2.24, 2.45) is 5.92 Å². The monoisotopic (exact) mass is 254 g/mol. The van der Waals surface area contributed by atoms with E-state index in [-0.39, 0.29) is 12.5 Å². The van der Waals surface area contributed by atoms with E-state index in [2.05, 4.69) is 10.6 Å². The van der Waals surface area contributed by atoms with Crippen molar-refractivity contribution in [3.05, 3.63) is 0 Å². The summed E-state index contributed by atoms with van der Waals surface area (Å²) in [5.41, 5.74) is 0. The standard InChI is InChI=1S/C14H26N2O2/c1-15-9-11-7-13(8-11)18-10-14(17)16-12-5-3-2-4-6-12/h11-13,15H,2-10H2,1H3,(H,16,17). The number of hydrogen-bond donors (Lipinski definition) is 2. The maximum absolute atomic E-state index is 11.7. The Bertz CT molecular complexity index is 259. The first-order valence-electron chi connectivity index (χ1n) is 7.33. The first-order chi connectivity index (χ1) is 8.78. The second kappa shape index (κ2) is 7.10. The fourth-order valence-corrected chi connectivity index (χ4v) is 2.98. The molecular weight excluding hydrogens is 228 g/mol. The van der Waals surface area contributed by atoms with Gasteiger partial charge in [-0.15, -0.1) is 0 Å². The number of carbonyl (C=O) groups is 1. The largest absolute Gasteiger partial charge is 0.368 e. The van der Waals surface area contributed by atoms with Gasteiger partial charge < -0.3 is 15.4 Å². The molecule has 0 atom stereocenters. The second-order valence-corrected chi connectivity index (χ2v) is 5.73. The molecule has 2 fully saturated rings. The average molecular weight is 254 g/mol. The predicted octanol–water partition coefficient (Wildman–Crippen LogP) is 1.45. The normalized spacial score (nSPS) is 28.7. The van der Waals surface area contributed by atoms with E-state index < -0.39 is 0 Å². The van der Waals surface area contributed by atoms with Crippen LogP contribution in [-0.2, 0) is 9.53 Å². The zero-order valence-corrected chi connectivity index (χ0v) is 11.4. The van der Waals surface area contributed by atoms with Crippen molar-refractivity contribution in [2.45, 2.75) is 57.1 Å². The van der Waals surface area contributed by atoms with Crippen LogP contribution in [0.15, 0.2) is 0 Å². The second-order valence-electron chi connectivity index (χ2n) is 5.73. The highest BCUT2D eigenvalue weighted by Gasteiger charge is 2.29. The lowest BCUT2D eigenvalue weighted by Gasteiger charge is -2.35. The quantitative estimate of drug-likeness (QED) is 0.754. The van der Waals surface area contributed by atoms with Gasteiger partial charge in [0.05, 0.1) is 6.10 Å². The van der Waals surface area contributed by atoms with Crippen molar-refractivity contribution in [1.82, 2.24) is 10.6 Å². The molecule has 0 aromatic carbocycles. The highest BCUT2D eigenvalue weighted by atomic mass is 16.5. The van der Waals surface area contributed by atoms with Gasteiger partial charge >= 0.3 is 0 Å². The lowest BCUT2D eigenvalue weighted by Crippen LogP contribution is -2.42. The van der Waals surface area contributed by atoms with Gasteiger partial charge in [0.15, 0.2) is 0 Å². The summed E-state index contributed by atoms with van der Waals surface area (Å²) in [7, 11) is 1.98. The minimum atomic E-state index is 0.0685. The third-order valence-electron chi connectivity index (χ3n) is 4.11. The van der Waals surface area contributed by atoms with E-state index in [4.69, 9.17) is 4.74 Å². The van der Waals surface area contributed by atoms with Gasteiger partial charge in [-0.1, -0.05) is 19.3 Å². The summed E-state index contributed by atoms with van der Waals surface area (Å²) < 4.78 is 5.62. The Kier molecular flexibility index (Phi) is 5.45. The van der Waals surface area contributed by atoms with E-state index in [0.717, 1.165) is 38.1 Å². The van der Waals surface area contributed by atoms with Crippen molar-refractivity contribution in [2.75, 3.05) is 20.2 Å². The lowest BCUT2D eigenvalue weighted by molar-refractivity contribution is -0.131. The summed E-state index contributed by atoms with van der Waals surface area (Å²) in [5, 5.41) is 6.26. The van der Waals surface area contributed by atoms with Crippen LogP contribution in [0.5, 0.6) is 0 Å². The van der Waals surface area contributed by atoms with Gasteiger partial charge in [-0.05, 0) is 45.2 Å². The topological polar surface area (TPSA) is 50.4 Å². The Balaban J connectivity index is 1.52. The molecule has 0 aliphatic heterocycles. The molecule has 0 radical (unpaired) electrons. The minimum Gasteiger partial charge on any atom is -0.368 e. The van der Waals surface area contributed by atoms with Gasteiger partial charge in [0.2, 0.25) is 5.91 Å². The van der Waals surface area contributed by atoms with E-state index in [0.29, 0.717) is 12.1 Å². The van der Waals surface area contributed by atoms with E-state index in [1.54, 1.807) is 0 Å². The number of amides is 1. The number of hydrogen-bond acceptors (Lipinski definition) is 3. The van der Waals surface area contributed by atoms with Gasteiger partial charge in [0, 0.05) is 6.04 Å². The molecular formula is C14H26N2O2. The Morgan fingerprint density at radius 2 is 1.94 bits per heavy atom. The van der Waals surface area contributed by atoms with Crippen molar-refractivity contribution in [1.29, 1.82) is 0 Å². The Labute approximate surface area is 110 Å². The molecule has 4 nitrogen and oxygen atoms in total. The van der Waals surface area contributed by atoms with Gasteiger partial charge in [0.25, 0.3) is 0 Å². The van der Waals surface area contributed by atoms with Crippen LogP contribution in [-0.4, -0.2) is 38.3 Å². The average Bonchev–Trinajstić information content (AvgIpc) is 2.33. The van der Waals surface area contributed by atoms with Crippen LogP contribution in [0.1, 0.15) is 44.9 Å². The maximum atomic E-state index is 11.7. The minimum absolute atomic E-state index is 0.0685. The first-order valence-corrected chi connectivity index (χ1v) is 7.33. The third kappa shape index (κ3) is 4.25. The highest BCUT2D eigenvalue weighted by molar-refractivity contribution is 5.77. The van der Waals surface area contributed by atoms with Crippen molar-refractivity contribution in [3.63, 3.8) is 0 Å².